The van der Waals surface area contributed by atoms with Gasteiger partial charge in [-0.3, -0.25) is 0 Å². The third-order valence-corrected chi connectivity index (χ3v) is 4.56. The first-order chi connectivity index (χ1) is 8.79. The first-order valence-corrected chi connectivity index (χ1v) is 7.54. The first-order valence-electron chi connectivity index (χ1n) is 7.54. The topological polar surface area (TPSA) is 26.0 Å². The van der Waals surface area contributed by atoms with E-state index in [1.165, 1.54) is 49.7 Å². The predicted octanol–water partition coefficient (Wildman–Crippen LogP) is 4.08. The molecule has 1 atom stereocenters. The van der Waals surface area contributed by atoms with Crippen molar-refractivity contribution >= 4 is 0 Å². The molecule has 100 valence electrons. The highest BCUT2D eigenvalue weighted by molar-refractivity contribution is 5.25. The fourth-order valence-corrected chi connectivity index (χ4v) is 3.22. The Morgan fingerprint density at radius 1 is 1.22 bits per heavy atom. The Balaban J connectivity index is 1.83. The van der Waals surface area contributed by atoms with Gasteiger partial charge in [-0.2, -0.15) is 0 Å². The summed E-state index contributed by atoms with van der Waals surface area (Å²) in [5.41, 5.74) is 8.85. The zero-order valence-corrected chi connectivity index (χ0v) is 11.7. The number of nitrogens with two attached hydrogens (primary N) is 1. The molecule has 0 radical (unpaired) electrons. The van der Waals surface area contributed by atoms with Gasteiger partial charge in [-0.25, -0.2) is 0 Å². The molecule has 0 spiro atoms. The van der Waals surface area contributed by atoms with Crippen LogP contribution in [0.2, 0.25) is 0 Å². The minimum Gasteiger partial charge on any atom is -0.330 e. The normalized spacial score (nSPS) is 18.1. The standard InChI is InChI=1S/C17H27N/c1-14-6-2-5-9-17(14)12-16(13-18)11-10-15-7-3-4-8-15/h2,5-6,9,15-16H,3-4,7-8,10-13,18H2,1H3. The summed E-state index contributed by atoms with van der Waals surface area (Å²) in [5.74, 6) is 1.67. The van der Waals surface area contributed by atoms with E-state index in [0.717, 1.165) is 18.9 Å². The Kier molecular flexibility index (Phi) is 5.25. The molecule has 1 unspecified atom stereocenters. The van der Waals surface area contributed by atoms with Crippen molar-refractivity contribution in [3.8, 4) is 0 Å². The van der Waals surface area contributed by atoms with Gasteiger partial charge in [-0.1, -0.05) is 56.4 Å². The van der Waals surface area contributed by atoms with Crippen LogP contribution in [0.25, 0.3) is 0 Å². The van der Waals surface area contributed by atoms with E-state index in [1.54, 1.807) is 0 Å². The fourth-order valence-electron chi connectivity index (χ4n) is 3.22. The molecule has 1 heteroatoms. The van der Waals surface area contributed by atoms with E-state index in [9.17, 15) is 0 Å². The van der Waals surface area contributed by atoms with E-state index in [1.807, 2.05) is 0 Å². The lowest BCUT2D eigenvalue weighted by atomic mass is 9.89. The van der Waals surface area contributed by atoms with Gasteiger partial charge in [0.15, 0.2) is 0 Å². The molecule has 0 aromatic heterocycles. The maximum Gasteiger partial charge on any atom is -0.00457 e. The van der Waals surface area contributed by atoms with Gasteiger partial charge in [-0.15, -0.1) is 0 Å². The third-order valence-electron chi connectivity index (χ3n) is 4.56. The minimum absolute atomic E-state index is 0.673. The number of rotatable bonds is 6. The Labute approximate surface area is 112 Å². The molecule has 2 N–H and O–H groups in total. The molecular weight excluding hydrogens is 218 g/mol. The largest absolute Gasteiger partial charge is 0.330 e. The van der Waals surface area contributed by atoms with Crippen LogP contribution in [-0.4, -0.2) is 6.54 Å². The van der Waals surface area contributed by atoms with Crippen molar-refractivity contribution in [2.45, 2.75) is 51.9 Å². The van der Waals surface area contributed by atoms with E-state index in [0.29, 0.717) is 5.92 Å². The number of hydrogen-bond acceptors (Lipinski definition) is 1. The van der Waals surface area contributed by atoms with Crippen molar-refractivity contribution in [3.05, 3.63) is 35.4 Å². The zero-order valence-electron chi connectivity index (χ0n) is 11.7. The van der Waals surface area contributed by atoms with Gasteiger partial charge in [0, 0.05) is 0 Å². The van der Waals surface area contributed by atoms with Crippen LogP contribution in [-0.2, 0) is 6.42 Å². The third kappa shape index (κ3) is 3.84. The average Bonchev–Trinajstić information content (AvgIpc) is 2.90. The van der Waals surface area contributed by atoms with Crippen molar-refractivity contribution in [3.63, 3.8) is 0 Å². The lowest BCUT2D eigenvalue weighted by Crippen LogP contribution is -2.18. The van der Waals surface area contributed by atoms with Crippen molar-refractivity contribution in [1.82, 2.24) is 0 Å². The molecule has 1 saturated carbocycles. The fraction of sp³-hybridized carbons (Fsp3) is 0.647. The second kappa shape index (κ2) is 6.94. The van der Waals surface area contributed by atoms with Gasteiger partial charge in [0.25, 0.3) is 0 Å². The molecule has 2 rings (SSSR count). The number of hydrogen-bond donors (Lipinski definition) is 1. The molecule has 0 saturated heterocycles. The summed E-state index contributed by atoms with van der Waals surface area (Å²) >= 11 is 0. The van der Waals surface area contributed by atoms with Crippen LogP contribution >= 0.6 is 0 Å². The first kappa shape index (κ1) is 13.6. The SMILES string of the molecule is Cc1ccccc1CC(CN)CCC1CCCC1. The summed E-state index contributed by atoms with van der Waals surface area (Å²) in [7, 11) is 0. The van der Waals surface area contributed by atoms with Gasteiger partial charge >= 0.3 is 0 Å². The molecular formula is C17H27N. The Morgan fingerprint density at radius 3 is 2.61 bits per heavy atom. The van der Waals surface area contributed by atoms with Crippen molar-refractivity contribution in [2.75, 3.05) is 6.54 Å². The van der Waals surface area contributed by atoms with Gasteiger partial charge in [0.05, 0.1) is 0 Å². The molecule has 0 bridgehead atoms. The molecule has 1 aliphatic carbocycles. The number of benzene rings is 1. The van der Waals surface area contributed by atoms with Crippen molar-refractivity contribution in [2.24, 2.45) is 17.6 Å². The van der Waals surface area contributed by atoms with Crippen LogP contribution in [0, 0.1) is 18.8 Å². The smallest absolute Gasteiger partial charge is 0.00457 e. The summed E-state index contributed by atoms with van der Waals surface area (Å²) in [6.45, 7) is 3.04. The highest BCUT2D eigenvalue weighted by Crippen LogP contribution is 2.30. The summed E-state index contributed by atoms with van der Waals surface area (Å²) in [4.78, 5) is 0. The van der Waals surface area contributed by atoms with E-state index in [2.05, 4.69) is 31.2 Å². The summed E-state index contributed by atoms with van der Waals surface area (Å²) in [6.07, 6.45) is 9.70. The molecule has 1 aromatic carbocycles. The molecule has 0 amide bonds. The minimum atomic E-state index is 0.673. The summed E-state index contributed by atoms with van der Waals surface area (Å²) in [5, 5.41) is 0. The summed E-state index contributed by atoms with van der Waals surface area (Å²) in [6, 6.07) is 8.73. The van der Waals surface area contributed by atoms with Gasteiger partial charge < -0.3 is 5.73 Å². The predicted molar refractivity (Wildman–Crippen MR) is 78.6 cm³/mol. The monoisotopic (exact) mass is 245 g/mol. The quantitative estimate of drug-likeness (QED) is 0.803. The van der Waals surface area contributed by atoms with E-state index >= 15 is 0 Å². The van der Waals surface area contributed by atoms with Gasteiger partial charge in [-0.05, 0) is 49.3 Å². The molecule has 1 nitrogen and oxygen atoms in total. The van der Waals surface area contributed by atoms with Crippen LogP contribution in [0.5, 0.6) is 0 Å². The molecule has 1 aromatic rings. The maximum atomic E-state index is 5.96. The second-order valence-corrected chi connectivity index (χ2v) is 5.96. The zero-order chi connectivity index (χ0) is 12.8. The van der Waals surface area contributed by atoms with Gasteiger partial charge in [0.2, 0.25) is 0 Å². The molecule has 0 heterocycles. The van der Waals surface area contributed by atoms with Crippen LogP contribution < -0.4 is 5.73 Å². The van der Waals surface area contributed by atoms with Gasteiger partial charge in [0.1, 0.15) is 0 Å². The van der Waals surface area contributed by atoms with E-state index in [-0.39, 0.29) is 0 Å². The van der Waals surface area contributed by atoms with E-state index < -0.39 is 0 Å². The molecule has 1 fully saturated rings. The highest BCUT2D eigenvalue weighted by Gasteiger charge is 2.17. The number of aryl methyl sites for hydroxylation is 1. The van der Waals surface area contributed by atoms with E-state index in [4.69, 9.17) is 5.73 Å². The lowest BCUT2D eigenvalue weighted by Gasteiger charge is -2.18. The van der Waals surface area contributed by atoms with Crippen molar-refractivity contribution in [1.29, 1.82) is 0 Å². The maximum absolute atomic E-state index is 5.96. The highest BCUT2D eigenvalue weighted by atomic mass is 14.5. The molecule has 1 aliphatic rings. The Morgan fingerprint density at radius 2 is 1.94 bits per heavy atom. The average molecular weight is 245 g/mol. The molecule has 0 aliphatic heterocycles. The van der Waals surface area contributed by atoms with Crippen LogP contribution in [0.3, 0.4) is 0 Å². The Hall–Kier alpha value is -0.820. The van der Waals surface area contributed by atoms with Crippen LogP contribution in [0.1, 0.15) is 49.7 Å². The van der Waals surface area contributed by atoms with Crippen molar-refractivity contribution < 1.29 is 0 Å². The second-order valence-electron chi connectivity index (χ2n) is 5.96. The Bertz CT molecular complexity index is 352. The molecule has 18 heavy (non-hydrogen) atoms. The summed E-state index contributed by atoms with van der Waals surface area (Å²) < 4.78 is 0. The lowest BCUT2D eigenvalue weighted by molar-refractivity contribution is 0.399. The van der Waals surface area contributed by atoms with Crippen LogP contribution in [0.15, 0.2) is 24.3 Å². The van der Waals surface area contributed by atoms with Crippen LogP contribution in [0.4, 0.5) is 0 Å².